The van der Waals surface area contributed by atoms with Gasteiger partial charge in [-0.05, 0) is 36.8 Å². The predicted molar refractivity (Wildman–Crippen MR) is 103 cm³/mol. The minimum atomic E-state index is -4.09. The summed E-state index contributed by atoms with van der Waals surface area (Å²) in [7, 11) is -7.96. The lowest BCUT2D eigenvalue weighted by atomic mass is 10.3. The van der Waals surface area contributed by atoms with E-state index in [1.165, 1.54) is 36.4 Å². The van der Waals surface area contributed by atoms with E-state index < -0.39 is 20.0 Å². The maximum absolute atomic E-state index is 12.5. The number of aromatic nitrogens is 1. The summed E-state index contributed by atoms with van der Waals surface area (Å²) in [5, 5.41) is -0.243. The SMILES string of the molecule is O=S(=O)(NC1=NCCC1)c1cccc(NS(=O)(=O)c2ccc(Cl)nc2Cl)c1. The van der Waals surface area contributed by atoms with Crippen molar-refractivity contribution in [3.8, 4) is 0 Å². The highest BCUT2D eigenvalue weighted by Gasteiger charge is 2.22. The highest BCUT2D eigenvalue weighted by molar-refractivity contribution is 7.93. The molecule has 2 N–H and O–H groups in total. The Labute approximate surface area is 166 Å². The van der Waals surface area contributed by atoms with Crippen LogP contribution in [0, 0.1) is 0 Å². The van der Waals surface area contributed by atoms with Crippen molar-refractivity contribution in [2.24, 2.45) is 4.99 Å². The van der Waals surface area contributed by atoms with Gasteiger partial charge in [0, 0.05) is 13.0 Å². The number of aliphatic imine (C=N–C) groups is 1. The van der Waals surface area contributed by atoms with Gasteiger partial charge >= 0.3 is 0 Å². The molecule has 0 amide bonds. The molecule has 12 heteroatoms. The van der Waals surface area contributed by atoms with Crippen LogP contribution in [0.5, 0.6) is 0 Å². The molecule has 0 saturated carbocycles. The highest BCUT2D eigenvalue weighted by Crippen LogP contribution is 2.25. The van der Waals surface area contributed by atoms with Crippen molar-refractivity contribution < 1.29 is 16.8 Å². The molecule has 0 spiro atoms. The average Bonchev–Trinajstić information content (AvgIpc) is 3.06. The molecule has 1 aromatic carbocycles. The Morgan fingerprint density at radius 2 is 1.74 bits per heavy atom. The minimum absolute atomic E-state index is 0.0490. The van der Waals surface area contributed by atoms with Crippen LogP contribution in [-0.2, 0) is 20.0 Å². The largest absolute Gasteiger partial charge is 0.279 e. The monoisotopic (exact) mass is 448 g/mol. The van der Waals surface area contributed by atoms with Gasteiger partial charge in [0.2, 0.25) is 0 Å². The first-order chi connectivity index (χ1) is 12.7. The molecule has 0 unspecified atom stereocenters. The number of nitrogens with zero attached hydrogens (tertiary/aromatic N) is 2. The Morgan fingerprint density at radius 3 is 2.41 bits per heavy atom. The summed E-state index contributed by atoms with van der Waals surface area (Å²) in [4.78, 5) is 7.38. The van der Waals surface area contributed by atoms with Crippen molar-refractivity contribution >= 4 is 54.8 Å². The zero-order chi connectivity index (χ0) is 19.7. The first kappa shape index (κ1) is 19.9. The molecule has 144 valence electrons. The maximum atomic E-state index is 12.5. The second-order valence-electron chi connectivity index (χ2n) is 5.59. The van der Waals surface area contributed by atoms with Gasteiger partial charge in [-0.2, -0.15) is 0 Å². The van der Waals surface area contributed by atoms with Crippen LogP contribution in [0.15, 0.2) is 51.2 Å². The van der Waals surface area contributed by atoms with Gasteiger partial charge in [0.05, 0.1) is 10.6 Å². The van der Waals surface area contributed by atoms with Gasteiger partial charge in [-0.3, -0.25) is 14.4 Å². The molecule has 2 aromatic rings. The van der Waals surface area contributed by atoms with Gasteiger partial charge < -0.3 is 0 Å². The number of amidine groups is 1. The smallest absolute Gasteiger partial charge is 0.264 e. The fourth-order valence-corrected chi connectivity index (χ4v) is 5.22. The first-order valence-corrected chi connectivity index (χ1v) is 11.4. The van der Waals surface area contributed by atoms with Gasteiger partial charge in [0.25, 0.3) is 20.0 Å². The van der Waals surface area contributed by atoms with Crippen LogP contribution in [0.25, 0.3) is 0 Å². The predicted octanol–water partition coefficient (Wildman–Crippen LogP) is 2.66. The molecule has 3 rings (SSSR count). The number of anilines is 1. The van der Waals surface area contributed by atoms with E-state index in [1.807, 2.05) is 0 Å². The Bertz CT molecular complexity index is 1120. The van der Waals surface area contributed by atoms with E-state index >= 15 is 0 Å². The summed E-state index contributed by atoms with van der Waals surface area (Å²) < 4.78 is 54.6. The molecular formula is C15H14Cl2N4O4S2. The van der Waals surface area contributed by atoms with Crippen molar-refractivity contribution in [2.75, 3.05) is 11.3 Å². The Kier molecular flexibility index (Phi) is 5.61. The van der Waals surface area contributed by atoms with Crippen molar-refractivity contribution in [2.45, 2.75) is 22.6 Å². The van der Waals surface area contributed by atoms with E-state index in [2.05, 4.69) is 19.4 Å². The summed E-state index contributed by atoms with van der Waals surface area (Å²) in [6.45, 7) is 0.577. The van der Waals surface area contributed by atoms with Crippen molar-refractivity contribution in [3.63, 3.8) is 0 Å². The van der Waals surface area contributed by atoms with Gasteiger partial charge in [0.15, 0.2) is 5.15 Å². The van der Waals surface area contributed by atoms with E-state index in [1.54, 1.807) is 0 Å². The summed E-state index contributed by atoms with van der Waals surface area (Å²) in [6, 6.07) is 7.89. The lowest BCUT2D eigenvalue weighted by Gasteiger charge is -2.11. The summed E-state index contributed by atoms with van der Waals surface area (Å²) >= 11 is 11.5. The molecule has 1 aliphatic heterocycles. The second-order valence-corrected chi connectivity index (χ2v) is 9.67. The molecule has 0 aliphatic carbocycles. The van der Waals surface area contributed by atoms with Crippen molar-refractivity contribution in [1.82, 2.24) is 9.71 Å². The summed E-state index contributed by atoms with van der Waals surface area (Å²) in [5.74, 6) is 0.389. The molecule has 1 aliphatic rings. The molecule has 2 heterocycles. The highest BCUT2D eigenvalue weighted by atomic mass is 35.5. The van der Waals surface area contributed by atoms with Gasteiger partial charge in [-0.15, -0.1) is 0 Å². The van der Waals surface area contributed by atoms with E-state index in [4.69, 9.17) is 23.2 Å². The molecule has 0 saturated heterocycles. The van der Waals surface area contributed by atoms with Crippen LogP contribution in [-0.4, -0.2) is 34.2 Å². The minimum Gasteiger partial charge on any atom is -0.279 e. The fourth-order valence-electron chi connectivity index (χ4n) is 2.37. The van der Waals surface area contributed by atoms with Crippen molar-refractivity contribution in [3.05, 3.63) is 46.7 Å². The van der Waals surface area contributed by atoms with Crippen LogP contribution in [0.1, 0.15) is 12.8 Å². The van der Waals surface area contributed by atoms with Crippen molar-refractivity contribution in [1.29, 1.82) is 0 Å². The lowest BCUT2D eigenvalue weighted by molar-refractivity contribution is 0.591. The summed E-state index contributed by atoms with van der Waals surface area (Å²) in [5.41, 5.74) is 0.0530. The number of nitrogens with one attached hydrogen (secondary N) is 2. The topological polar surface area (TPSA) is 118 Å². The van der Waals surface area contributed by atoms with Gasteiger partial charge in [-0.25, -0.2) is 21.8 Å². The third-order valence-corrected chi connectivity index (χ3v) is 7.00. The number of pyridine rings is 1. The number of benzene rings is 1. The van der Waals surface area contributed by atoms with Crippen LogP contribution in [0.4, 0.5) is 5.69 Å². The molecule has 0 bridgehead atoms. The van der Waals surface area contributed by atoms with E-state index in [0.717, 1.165) is 6.42 Å². The van der Waals surface area contributed by atoms with Gasteiger partial charge in [0.1, 0.15) is 15.9 Å². The zero-order valence-electron chi connectivity index (χ0n) is 13.7. The normalized spacial score (nSPS) is 14.7. The molecule has 27 heavy (non-hydrogen) atoms. The zero-order valence-corrected chi connectivity index (χ0v) is 16.8. The number of sulfonamides is 2. The molecule has 8 nitrogen and oxygen atoms in total. The summed E-state index contributed by atoms with van der Waals surface area (Å²) in [6.07, 6.45) is 1.33. The third kappa shape index (κ3) is 4.70. The lowest BCUT2D eigenvalue weighted by Crippen LogP contribution is -2.29. The molecular weight excluding hydrogens is 435 g/mol. The first-order valence-electron chi connectivity index (χ1n) is 7.68. The Balaban J connectivity index is 1.87. The van der Waals surface area contributed by atoms with Gasteiger partial charge in [-0.1, -0.05) is 29.3 Å². The quantitative estimate of drug-likeness (QED) is 0.681. The third-order valence-electron chi connectivity index (χ3n) is 3.59. The van der Waals surface area contributed by atoms with E-state index in [-0.39, 0.29) is 25.8 Å². The number of halogens is 2. The number of hydrogen-bond acceptors (Lipinski definition) is 6. The molecule has 1 aromatic heterocycles. The van der Waals surface area contributed by atoms with E-state index in [0.29, 0.717) is 18.8 Å². The Morgan fingerprint density at radius 1 is 0.963 bits per heavy atom. The fraction of sp³-hybridized carbons (Fsp3) is 0.200. The molecule has 0 radical (unpaired) electrons. The Hall–Kier alpha value is -1.88. The number of rotatable bonds is 5. The van der Waals surface area contributed by atoms with Crippen LogP contribution >= 0.6 is 23.2 Å². The number of hydrogen-bond donors (Lipinski definition) is 2. The standard InChI is InChI=1S/C15H14Cl2N4O4S2/c16-13-7-6-12(15(17)19-13)27(24,25)20-10-3-1-4-11(9-10)26(22,23)21-14-5-2-8-18-14/h1,3-4,6-7,9,20H,2,5,8H2,(H,18,21). The van der Waals surface area contributed by atoms with E-state index in [9.17, 15) is 16.8 Å². The second kappa shape index (κ2) is 7.63. The molecule has 0 atom stereocenters. The molecule has 0 fully saturated rings. The van der Waals surface area contributed by atoms with Crippen LogP contribution in [0.2, 0.25) is 10.3 Å². The average molecular weight is 449 g/mol. The van der Waals surface area contributed by atoms with Crippen LogP contribution < -0.4 is 9.44 Å². The maximum Gasteiger partial charge on any atom is 0.264 e. The van der Waals surface area contributed by atoms with Crippen LogP contribution in [0.3, 0.4) is 0 Å².